The van der Waals surface area contributed by atoms with E-state index >= 15 is 0 Å². The molecular weight excluding hydrogens is 392 g/mol. The molecule has 2 unspecified atom stereocenters. The molecule has 1 aliphatic heterocycles. The van der Waals surface area contributed by atoms with Crippen molar-refractivity contribution in [3.05, 3.63) is 71.8 Å². The Bertz CT molecular complexity index is 898. The van der Waals surface area contributed by atoms with Crippen molar-refractivity contribution < 1.29 is 19.1 Å². The SMILES string of the molecule is CC(C)(C)OC(=O)N(Cc1ccccc1)C1C2CN(C(=O)OCc3ccccc3)CC21. The first kappa shape index (κ1) is 21.2. The van der Waals surface area contributed by atoms with E-state index in [9.17, 15) is 9.59 Å². The van der Waals surface area contributed by atoms with Crippen LogP contribution >= 0.6 is 0 Å². The molecule has 0 spiro atoms. The number of ether oxygens (including phenoxy) is 2. The lowest BCUT2D eigenvalue weighted by atomic mass is 10.2. The Hall–Kier alpha value is -3.02. The van der Waals surface area contributed by atoms with E-state index in [4.69, 9.17) is 9.47 Å². The van der Waals surface area contributed by atoms with E-state index in [-0.39, 0.29) is 36.7 Å². The number of fused-ring (bicyclic) bond motifs is 1. The standard InChI is InChI=1S/C25H30N2O4/c1-25(2,3)31-24(29)27(14-18-10-6-4-7-11-18)22-20-15-26(16-21(20)22)23(28)30-17-19-12-8-5-9-13-19/h4-13,20-22H,14-17H2,1-3H3. The van der Waals surface area contributed by atoms with Crippen LogP contribution in [0.5, 0.6) is 0 Å². The number of likely N-dealkylation sites (tertiary alicyclic amines) is 1. The van der Waals surface area contributed by atoms with Gasteiger partial charge in [-0.1, -0.05) is 60.7 Å². The first-order chi connectivity index (χ1) is 14.8. The summed E-state index contributed by atoms with van der Waals surface area (Å²) in [5, 5.41) is 0. The van der Waals surface area contributed by atoms with Crippen LogP contribution in [0.25, 0.3) is 0 Å². The predicted octanol–water partition coefficient (Wildman–Crippen LogP) is 4.69. The second kappa shape index (κ2) is 8.61. The minimum absolute atomic E-state index is 0.0910. The lowest BCUT2D eigenvalue weighted by molar-refractivity contribution is 0.0180. The third-order valence-electron chi connectivity index (χ3n) is 5.80. The largest absolute Gasteiger partial charge is 0.445 e. The maximum absolute atomic E-state index is 12.9. The summed E-state index contributed by atoms with van der Waals surface area (Å²) >= 11 is 0. The van der Waals surface area contributed by atoms with Crippen LogP contribution in [-0.2, 0) is 22.6 Å². The average molecular weight is 423 g/mol. The molecule has 2 fully saturated rings. The number of rotatable bonds is 5. The number of carbonyl (C=O) groups is 2. The van der Waals surface area contributed by atoms with Crippen LogP contribution in [0.3, 0.4) is 0 Å². The maximum Gasteiger partial charge on any atom is 0.410 e. The van der Waals surface area contributed by atoms with Gasteiger partial charge >= 0.3 is 12.2 Å². The minimum atomic E-state index is -0.552. The van der Waals surface area contributed by atoms with Gasteiger partial charge < -0.3 is 19.3 Å². The van der Waals surface area contributed by atoms with Crippen molar-refractivity contribution in [2.75, 3.05) is 13.1 Å². The third kappa shape index (κ3) is 5.19. The van der Waals surface area contributed by atoms with Crippen molar-refractivity contribution in [3.63, 3.8) is 0 Å². The Balaban J connectivity index is 1.36. The van der Waals surface area contributed by atoms with Gasteiger partial charge in [-0.25, -0.2) is 9.59 Å². The van der Waals surface area contributed by atoms with Gasteiger partial charge in [0.25, 0.3) is 0 Å². The summed E-state index contributed by atoms with van der Waals surface area (Å²) in [5.41, 5.74) is 1.48. The zero-order chi connectivity index (χ0) is 22.0. The van der Waals surface area contributed by atoms with Gasteiger partial charge in [0.1, 0.15) is 12.2 Å². The molecule has 2 aromatic rings. The molecule has 0 bridgehead atoms. The van der Waals surface area contributed by atoms with Gasteiger partial charge in [-0.05, 0) is 31.9 Å². The van der Waals surface area contributed by atoms with Crippen molar-refractivity contribution in [1.29, 1.82) is 0 Å². The predicted molar refractivity (Wildman–Crippen MR) is 117 cm³/mol. The van der Waals surface area contributed by atoms with Crippen molar-refractivity contribution >= 4 is 12.2 Å². The number of nitrogens with zero attached hydrogens (tertiary/aromatic N) is 2. The summed E-state index contributed by atoms with van der Waals surface area (Å²) in [6.07, 6.45) is -0.587. The van der Waals surface area contributed by atoms with Gasteiger partial charge in [-0.2, -0.15) is 0 Å². The van der Waals surface area contributed by atoms with Gasteiger partial charge in [0.05, 0.1) is 0 Å². The van der Waals surface area contributed by atoms with Gasteiger partial charge in [0.15, 0.2) is 0 Å². The molecule has 0 aromatic heterocycles. The van der Waals surface area contributed by atoms with Crippen LogP contribution in [0.4, 0.5) is 9.59 Å². The molecule has 1 saturated heterocycles. The van der Waals surface area contributed by atoms with Crippen LogP contribution in [0.15, 0.2) is 60.7 Å². The quantitative estimate of drug-likeness (QED) is 0.701. The first-order valence-electron chi connectivity index (χ1n) is 10.8. The van der Waals surface area contributed by atoms with Crippen LogP contribution in [0.1, 0.15) is 31.9 Å². The number of piperidine rings is 1. The summed E-state index contributed by atoms with van der Waals surface area (Å²) in [6.45, 7) is 7.63. The highest BCUT2D eigenvalue weighted by Gasteiger charge is 2.61. The van der Waals surface area contributed by atoms with Gasteiger partial charge in [0, 0.05) is 37.5 Å². The zero-order valence-electron chi connectivity index (χ0n) is 18.4. The smallest absolute Gasteiger partial charge is 0.410 e. The molecule has 1 saturated carbocycles. The summed E-state index contributed by atoms with van der Waals surface area (Å²) in [6, 6.07) is 19.7. The highest BCUT2D eigenvalue weighted by Crippen LogP contribution is 2.49. The fourth-order valence-electron chi connectivity index (χ4n) is 4.31. The second-order valence-corrected chi connectivity index (χ2v) is 9.36. The summed E-state index contributed by atoms with van der Waals surface area (Å²) in [7, 11) is 0. The highest BCUT2D eigenvalue weighted by molar-refractivity contribution is 5.71. The first-order valence-corrected chi connectivity index (χ1v) is 10.8. The Morgan fingerprint density at radius 3 is 2.03 bits per heavy atom. The molecule has 164 valence electrons. The molecule has 1 heterocycles. The van der Waals surface area contributed by atoms with Crippen LogP contribution in [0, 0.1) is 11.8 Å². The molecule has 2 atom stereocenters. The number of hydrogen-bond donors (Lipinski definition) is 0. The van der Waals surface area contributed by atoms with Crippen molar-refractivity contribution in [2.45, 2.75) is 45.6 Å². The maximum atomic E-state index is 12.9. The van der Waals surface area contributed by atoms with Crippen LogP contribution in [-0.4, -0.2) is 46.7 Å². The van der Waals surface area contributed by atoms with E-state index in [0.29, 0.717) is 19.6 Å². The molecular formula is C25H30N2O4. The number of benzene rings is 2. The highest BCUT2D eigenvalue weighted by atomic mass is 16.6. The Morgan fingerprint density at radius 1 is 0.935 bits per heavy atom. The third-order valence-corrected chi connectivity index (χ3v) is 5.80. The monoisotopic (exact) mass is 422 g/mol. The Kier molecular flexibility index (Phi) is 5.90. The van der Waals surface area contributed by atoms with E-state index in [1.165, 1.54) is 0 Å². The van der Waals surface area contributed by atoms with E-state index in [1.807, 2.05) is 86.3 Å². The second-order valence-electron chi connectivity index (χ2n) is 9.36. The number of amides is 2. The number of hydrogen-bond acceptors (Lipinski definition) is 4. The van der Waals surface area contributed by atoms with Crippen molar-refractivity contribution in [2.24, 2.45) is 11.8 Å². The van der Waals surface area contributed by atoms with E-state index < -0.39 is 5.60 Å². The molecule has 0 N–H and O–H groups in total. The lowest BCUT2D eigenvalue weighted by Crippen LogP contribution is -2.42. The lowest BCUT2D eigenvalue weighted by Gasteiger charge is -2.30. The molecule has 31 heavy (non-hydrogen) atoms. The van der Waals surface area contributed by atoms with Crippen LogP contribution < -0.4 is 0 Å². The Labute approximate surface area is 183 Å². The summed E-state index contributed by atoms with van der Waals surface area (Å²) in [5.74, 6) is 0.529. The molecule has 6 heteroatoms. The van der Waals surface area contributed by atoms with E-state index in [2.05, 4.69) is 0 Å². The molecule has 4 rings (SSSR count). The van der Waals surface area contributed by atoms with E-state index in [0.717, 1.165) is 11.1 Å². The average Bonchev–Trinajstić information content (AvgIpc) is 3.21. The van der Waals surface area contributed by atoms with Crippen molar-refractivity contribution in [3.8, 4) is 0 Å². The molecule has 2 aliphatic rings. The van der Waals surface area contributed by atoms with Gasteiger partial charge in [0.2, 0.25) is 0 Å². The fourth-order valence-corrected chi connectivity index (χ4v) is 4.31. The fraction of sp³-hybridized carbons (Fsp3) is 0.440. The van der Waals surface area contributed by atoms with Crippen LogP contribution in [0.2, 0.25) is 0 Å². The molecule has 6 nitrogen and oxygen atoms in total. The normalized spacial score (nSPS) is 21.9. The topological polar surface area (TPSA) is 59.1 Å². The van der Waals surface area contributed by atoms with Gasteiger partial charge in [-0.15, -0.1) is 0 Å². The molecule has 0 radical (unpaired) electrons. The molecule has 2 amide bonds. The molecule has 2 aromatic carbocycles. The summed E-state index contributed by atoms with van der Waals surface area (Å²) in [4.78, 5) is 29.0. The van der Waals surface area contributed by atoms with Crippen molar-refractivity contribution in [1.82, 2.24) is 9.80 Å². The summed E-state index contributed by atoms with van der Waals surface area (Å²) < 4.78 is 11.1. The molecule has 1 aliphatic carbocycles. The number of carbonyl (C=O) groups excluding carboxylic acids is 2. The minimum Gasteiger partial charge on any atom is -0.445 e. The zero-order valence-corrected chi connectivity index (χ0v) is 18.4. The van der Waals surface area contributed by atoms with Gasteiger partial charge in [-0.3, -0.25) is 0 Å². The Morgan fingerprint density at radius 2 is 1.48 bits per heavy atom. The van der Waals surface area contributed by atoms with E-state index in [1.54, 1.807) is 4.90 Å².